The van der Waals surface area contributed by atoms with Crippen LogP contribution in [0, 0.1) is 0 Å². The summed E-state index contributed by atoms with van der Waals surface area (Å²) in [6, 6.07) is 0. The highest BCUT2D eigenvalue weighted by Gasteiger charge is 2.61. The monoisotopic (exact) mass is 196 g/mol. The molecule has 0 aromatic carbocycles. The Morgan fingerprint density at radius 2 is 2.14 bits per heavy atom. The molecular formula is C10H12O4. The molecule has 0 aliphatic carbocycles. The van der Waals surface area contributed by atoms with Gasteiger partial charge in [-0.05, 0) is 19.1 Å². The Labute approximate surface area is 81.8 Å². The van der Waals surface area contributed by atoms with E-state index >= 15 is 0 Å². The molecule has 0 radical (unpaired) electrons. The Hall–Kier alpha value is -0.710. The van der Waals surface area contributed by atoms with E-state index in [1.54, 1.807) is 6.08 Å². The summed E-state index contributed by atoms with van der Waals surface area (Å²) in [7, 11) is 0. The number of ketones is 1. The number of hydrogen-bond acceptors (Lipinski definition) is 4. The van der Waals surface area contributed by atoms with E-state index in [0.717, 1.165) is 0 Å². The number of carbonyl (C=O) groups excluding carboxylic acids is 1. The molecule has 0 unspecified atom stereocenters. The average molecular weight is 196 g/mol. The minimum atomic E-state index is -0.867. The number of hydrogen-bond donors (Lipinski definition) is 0. The Morgan fingerprint density at radius 3 is 2.86 bits per heavy atom. The summed E-state index contributed by atoms with van der Waals surface area (Å²) in [4.78, 5) is 11.6. The molecule has 76 valence electrons. The van der Waals surface area contributed by atoms with Crippen molar-refractivity contribution in [1.29, 1.82) is 0 Å². The fraction of sp³-hybridized carbons (Fsp3) is 0.700. The summed E-state index contributed by atoms with van der Waals surface area (Å²) < 4.78 is 16.8. The van der Waals surface area contributed by atoms with Gasteiger partial charge in [0, 0.05) is 0 Å². The lowest BCUT2D eigenvalue weighted by atomic mass is 9.89. The first-order chi connectivity index (χ1) is 6.65. The van der Waals surface area contributed by atoms with Gasteiger partial charge < -0.3 is 14.2 Å². The smallest absolute Gasteiger partial charge is 0.208 e. The van der Waals surface area contributed by atoms with E-state index in [2.05, 4.69) is 0 Å². The largest absolute Gasteiger partial charge is 0.350 e. The molecule has 3 heterocycles. The molecule has 0 aromatic rings. The highest BCUT2D eigenvalue weighted by Crippen LogP contribution is 2.46. The first-order valence-corrected chi connectivity index (χ1v) is 4.83. The molecule has 4 nitrogen and oxygen atoms in total. The predicted molar refractivity (Wildman–Crippen MR) is 46.7 cm³/mol. The Kier molecular flexibility index (Phi) is 1.50. The van der Waals surface area contributed by atoms with E-state index in [-0.39, 0.29) is 5.78 Å². The summed E-state index contributed by atoms with van der Waals surface area (Å²) in [5.74, 6) is -0.828. The molecule has 14 heavy (non-hydrogen) atoms. The van der Waals surface area contributed by atoms with Crippen molar-refractivity contribution in [3.8, 4) is 0 Å². The van der Waals surface area contributed by atoms with Gasteiger partial charge in [-0.25, -0.2) is 0 Å². The molecule has 3 aliphatic heterocycles. The van der Waals surface area contributed by atoms with Crippen LogP contribution < -0.4 is 0 Å². The van der Waals surface area contributed by atoms with Gasteiger partial charge in [0.05, 0.1) is 19.6 Å². The first kappa shape index (κ1) is 8.59. The molecule has 3 aliphatic rings. The van der Waals surface area contributed by atoms with Crippen LogP contribution in [0.5, 0.6) is 0 Å². The summed E-state index contributed by atoms with van der Waals surface area (Å²) in [5, 5.41) is 0. The van der Waals surface area contributed by atoms with Crippen molar-refractivity contribution in [3.63, 3.8) is 0 Å². The molecule has 1 spiro atoms. The van der Waals surface area contributed by atoms with Gasteiger partial charge in [-0.3, -0.25) is 4.79 Å². The Balaban J connectivity index is 2.04. The maximum absolute atomic E-state index is 11.6. The molecule has 2 bridgehead atoms. The second-order valence-corrected chi connectivity index (χ2v) is 4.10. The van der Waals surface area contributed by atoms with Crippen LogP contribution in [0.3, 0.4) is 0 Å². The second kappa shape index (κ2) is 2.45. The van der Waals surface area contributed by atoms with Crippen LogP contribution in [0.2, 0.25) is 0 Å². The summed E-state index contributed by atoms with van der Waals surface area (Å²) in [5.41, 5.74) is -0.595. The minimum Gasteiger partial charge on any atom is -0.350 e. The van der Waals surface area contributed by atoms with E-state index in [0.29, 0.717) is 19.6 Å². The standard InChI is InChI=1S/C10H12O4/c1-9-3-2-8(14-9)7(11)6-10(9)12-4-5-13-10/h2-3,8H,4-6H2,1H3/t8-,9+/m0/s1. The van der Waals surface area contributed by atoms with Gasteiger partial charge in [0.15, 0.2) is 5.78 Å². The third-order valence-corrected chi connectivity index (χ3v) is 3.20. The minimum absolute atomic E-state index is 0.0399. The van der Waals surface area contributed by atoms with Crippen LogP contribution in [-0.4, -0.2) is 36.5 Å². The fourth-order valence-corrected chi connectivity index (χ4v) is 2.35. The number of rotatable bonds is 0. The SMILES string of the molecule is C[C@]12C=C[C@H](O1)C(=O)CC21OCCO1. The van der Waals surface area contributed by atoms with Crippen LogP contribution in [0.25, 0.3) is 0 Å². The van der Waals surface area contributed by atoms with E-state index < -0.39 is 17.5 Å². The van der Waals surface area contributed by atoms with Crippen molar-refractivity contribution in [2.45, 2.75) is 30.8 Å². The van der Waals surface area contributed by atoms with Crippen molar-refractivity contribution in [2.75, 3.05) is 13.2 Å². The van der Waals surface area contributed by atoms with Crippen molar-refractivity contribution in [1.82, 2.24) is 0 Å². The van der Waals surface area contributed by atoms with Crippen molar-refractivity contribution in [2.24, 2.45) is 0 Å². The van der Waals surface area contributed by atoms with E-state index in [1.807, 2.05) is 13.0 Å². The van der Waals surface area contributed by atoms with Crippen molar-refractivity contribution in [3.05, 3.63) is 12.2 Å². The van der Waals surface area contributed by atoms with Crippen LogP contribution in [0.15, 0.2) is 12.2 Å². The molecule has 2 atom stereocenters. The van der Waals surface area contributed by atoms with Gasteiger partial charge in [-0.15, -0.1) is 0 Å². The molecule has 0 aromatic heterocycles. The second-order valence-electron chi connectivity index (χ2n) is 4.10. The van der Waals surface area contributed by atoms with Crippen molar-refractivity contribution >= 4 is 5.78 Å². The van der Waals surface area contributed by atoms with E-state index in [4.69, 9.17) is 14.2 Å². The lowest BCUT2D eigenvalue weighted by molar-refractivity contribution is -0.276. The number of Topliss-reactive ketones (excluding diaryl/α,β-unsaturated/α-hetero) is 1. The maximum atomic E-state index is 11.6. The quantitative estimate of drug-likeness (QED) is 0.526. The Bertz CT molecular complexity index is 316. The van der Waals surface area contributed by atoms with Gasteiger partial charge >= 0.3 is 0 Å². The van der Waals surface area contributed by atoms with Gasteiger partial charge in [0.25, 0.3) is 0 Å². The van der Waals surface area contributed by atoms with Crippen LogP contribution in [0.1, 0.15) is 13.3 Å². The van der Waals surface area contributed by atoms with E-state index in [9.17, 15) is 4.79 Å². The number of carbonyl (C=O) groups is 1. The molecule has 0 amide bonds. The third kappa shape index (κ3) is 0.860. The molecule has 4 heteroatoms. The first-order valence-electron chi connectivity index (χ1n) is 4.83. The molecule has 0 N–H and O–H groups in total. The van der Waals surface area contributed by atoms with Crippen LogP contribution in [0.4, 0.5) is 0 Å². The summed E-state index contributed by atoms with van der Waals surface area (Å²) in [6.45, 7) is 2.97. The zero-order chi connectivity index (χ0) is 9.81. The van der Waals surface area contributed by atoms with Gasteiger partial charge in [-0.2, -0.15) is 0 Å². The summed E-state index contributed by atoms with van der Waals surface area (Å²) >= 11 is 0. The average Bonchev–Trinajstić information content (AvgIpc) is 2.71. The molecule has 3 rings (SSSR count). The van der Waals surface area contributed by atoms with Crippen LogP contribution >= 0.6 is 0 Å². The topological polar surface area (TPSA) is 44.8 Å². The fourth-order valence-electron chi connectivity index (χ4n) is 2.35. The van der Waals surface area contributed by atoms with Crippen LogP contribution in [-0.2, 0) is 19.0 Å². The molecule has 2 fully saturated rings. The molecule has 0 saturated carbocycles. The summed E-state index contributed by atoms with van der Waals surface area (Å²) in [6.07, 6.45) is 3.58. The maximum Gasteiger partial charge on any atom is 0.208 e. The normalized spacial score (nSPS) is 43.8. The number of fused-ring (bicyclic) bond motifs is 3. The highest BCUT2D eigenvalue weighted by atomic mass is 16.8. The van der Waals surface area contributed by atoms with Gasteiger partial charge in [0.2, 0.25) is 5.79 Å². The third-order valence-electron chi connectivity index (χ3n) is 3.20. The lowest BCUT2D eigenvalue weighted by Gasteiger charge is -2.43. The van der Waals surface area contributed by atoms with E-state index in [1.165, 1.54) is 0 Å². The molecular weight excluding hydrogens is 184 g/mol. The molecule has 2 saturated heterocycles. The van der Waals surface area contributed by atoms with Gasteiger partial charge in [-0.1, -0.05) is 0 Å². The lowest BCUT2D eigenvalue weighted by Crippen LogP contribution is -2.58. The van der Waals surface area contributed by atoms with Crippen molar-refractivity contribution < 1.29 is 19.0 Å². The zero-order valence-corrected chi connectivity index (χ0v) is 7.99. The highest BCUT2D eigenvalue weighted by molar-refractivity contribution is 5.88. The zero-order valence-electron chi connectivity index (χ0n) is 7.99. The number of ether oxygens (including phenoxy) is 3. The Morgan fingerprint density at radius 1 is 1.43 bits per heavy atom. The van der Waals surface area contributed by atoms with Gasteiger partial charge in [0.1, 0.15) is 11.7 Å². The predicted octanol–water partition coefficient (Wildman–Crippen LogP) is 0.416.